The molecule has 2 atom stereocenters. The Morgan fingerprint density at radius 1 is 1.33 bits per heavy atom. The number of nitrogens with one attached hydrogen (secondary N) is 2. The predicted molar refractivity (Wildman–Crippen MR) is 75.3 cm³/mol. The Labute approximate surface area is 123 Å². The molecule has 0 saturated carbocycles. The Morgan fingerprint density at radius 3 is 2.48 bits per heavy atom. The zero-order valence-electron chi connectivity index (χ0n) is 12.1. The maximum absolute atomic E-state index is 12.0. The average molecular weight is 301 g/mol. The van der Waals surface area contributed by atoms with Gasteiger partial charge in [0.1, 0.15) is 12.3 Å². The van der Waals surface area contributed by atoms with Gasteiger partial charge < -0.3 is 26.3 Å². The Kier molecular flexibility index (Phi) is 9.78. The van der Waals surface area contributed by atoms with Crippen LogP contribution in [0.2, 0.25) is 0 Å². The molecule has 0 aromatic rings. The van der Waals surface area contributed by atoms with E-state index >= 15 is 0 Å². The highest BCUT2D eigenvalue weighted by molar-refractivity contribution is 5.88. The number of unbranched alkanes of at least 4 members (excludes halogenated alkanes) is 1. The minimum Gasteiger partial charge on any atom is -0.481 e. The standard InChI is InChI=1S/C13H23N3O5/c1-2-3-4-10(16-11(18)6-14)13(21)15-7-9(8-17)5-12(19)20/h8-10H,2-7,14H2,1H3,(H,15,21)(H,16,18)(H,19,20). The van der Waals surface area contributed by atoms with Crippen LogP contribution in [0.4, 0.5) is 0 Å². The SMILES string of the molecule is CCCCC(NC(=O)CN)C(=O)NCC(C=O)CC(=O)O. The Balaban J connectivity index is 4.46. The third-order valence-corrected chi connectivity index (χ3v) is 2.85. The molecule has 21 heavy (non-hydrogen) atoms. The number of hydrogen-bond donors (Lipinski definition) is 4. The predicted octanol–water partition coefficient (Wildman–Crippen LogP) is -0.974. The number of amides is 2. The molecule has 0 bridgehead atoms. The smallest absolute Gasteiger partial charge is 0.304 e. The average Bonchev–Trinajstić information content (AvgIpc) is 2.46. The molecule has 2 amide bonds. The second-order valence-electron chi connectivity index (χ2n) is 4.71. The lowest BCUT2D eigenvalue weighted by Crippen LogP contribution is -2.49. The van der Waals surface area contributed by atoms with E-state index in [1.807, 2.05) is 6.92 Å². The molecule has 0 spiro atoms. The number of carboxylic acid groups (broad SMARTS) is 1. The van der Waals surface area contributed by atoms with Crippen molar-refractivity contribution in [3.63, 3.8) is 0 Å². The summed E-state index contributed by atoms with van der Waals surface area (Å²) in [6.45, 7) is 1.66. The molecule has 0 heterocycles. The number of carbonyl (C=O) groups is 4. The van der Waals surface area contributed by atoms with E-state index in [0.717, 1.165) is 12.8 Å². The minimum atomic E-state index is -1.11. The summed E-state index contributed by atoms with van der Waals surface area (Å²) in [5.74, 6) is -2.78. The Bertz CT molecular complexity index is 373. The van der Waals surface area contributed by atoms with Crippen molar-refractivity contribution in [2.24, 2.45) is 11.7 Å². The van der Waals surface area contributed by atoms with Crippen molar-refractivity contribution in [1.29, 1.82) is 0 Å². The van der Waals surface area contributed by atoms with Crippen LogP contribution < -0.4 is 16.4 Å². The zero-order valence-corrected chi connectivity index (χ0v) is 12.1. The zero-order chi connectivity index (χ0) is 16.3. The molecule has 0 aromatic heterocycles. The van der Waals surface area contributed by atoms with Crippen molar-refractivity contribution < 1.29 is 24.3 Å². The molecule has 2 unspecified atom stereocenters. The summed E-state index contributed by atoms with van der Waals surface area (Å²) in [6.07, 6.45) is 2.21. The first-order valence-corrected chi connectivity index (χ1v) is 6.88. The summed E-state index contributed by atoms with van der Waals surface area (Å²) in [5, 5.41) is 13.6. The van der Waals surface area contributed by atoms with Crippen molar-refractivity contribution in [2.75, 3.05) is 13.1 Å². The van der Waals surface area contributed by atoms with Gasteiger partial charge in [-0.2, -0.15) is 0 Å². The summed E-state index contributed by atoms with van der Waals surface area (Å²) < 4.78 is 0. The Hall–Kier alpha value is -1.96. The molecular weight excluding hydrogens is 278 g/mol. The molecule has 8 heteroatoms. The van der Waals surface area contributed by atoms with Gasteiger partial charge in [-0.3, -0.25) is 14.4 Å². The first-order valence-electron chi connectivity index (χ1n) is 6.88. The second-order valence-corrected chi connectivity index (χ2v) is 4.71. The van der Waals surface area contributed by atoms with E-state index in [0.29, 0.717) is 12.7 Å². The fourth-order valence-electron chi connectivity index (χ4n) is 1.68. The summed E-state index contributed by atoms with van der Waals surface area (Å²) >= 11 is 0. The molecule has 0 aliphatic carbocycles. The molecule has 120 valence electrons. The van der Waals surface area contributed by atoms with E-state index in [1.54, 1.807) is 0 Å². The lowest BCUT2D eigenvalue weighted by Gasteiger charge is -2.19. The van der Waals surface area contributed by atoms with E-state index in [2.05, 4.69) is 10.6 Å². The molecule has 5 N–H and O–H groups in total. The van der Waals surface area contributed by atoms with Crippen LogP contribution in [0.15, 0.2) is 0 Å². The normalized spacial score (nSPS) is 13.0. The van der Waals surface area contributed by atoms with Crippen LogP contribution in [0.3, 0.4) is 0 Å². The number of nitrogens with two attached hydrogens (primary N) is 1. The van der Waals surface area contributed by atoms with Gasteiger partial charge >= 0.3 is 5.97 Å². The van der Waals surface area contributed by atoms with Crippen LogP contribution in [0.5, 0.6) is 0 Å². The quantitative estimate of drug-likeness (QED) is 0.362. The van der Waals surface area contributed by atoms with Crippen LogP contribution in [0.25, 0.3) is 0 Å². The number of carbonyl (C=O) groups excluding carboxylic acids is 3. The second kappa shape index (κ2) is 10.8. The number of hydrogen-bond acceptors (Lipinski definition) is 5. The Morgan fingerprint density at radius 2 is 2.00 bits per heavy atom. The molecule has 0 saturated heterocycles. The van der Waals surface area contributed by atoms with Crippen LogP contribution in [-0.2, 0) is 19.2 Å². The molecule has 0 aromatic carbocycles. The number of aldehydes is 1. The lowest BCUT2D eigenvalue weighted by atomic mass is 10.1. The maximum atomic E-state index is 12.0. The van der Waals surface area contributed by atoms with Crippen molar-refractivity contribution in [2.45, 2.75) is 38.6 Å². The lowest BCUT2D eigenvalue weighted by molar-refractivity contribution is -0.139. The highest BCUT2D eigenvalue weighted by atomic mass is 16.4. The van der Waals surface area contributed by atoms with Gasteiger partial charge in [0.05, 0.1) is 13.0 Å². The van der Waals surface area contributed by atoms with Crippen LogP contribution in [0, 0.1) is 5.92 Å². The van der Waals surface area contributed by atoms with Gasteiger partial charge in [-0.15, -0.1) is 0 Å². The highest BCUT2D eigenvalue weighted by Crippen LogP contribution is 2.02. The first kappa shape index (κ1) is 19.0. The third kappa shape index (κ3) is 8.74. The van der Waals surface area contributed by atoms with E-state index < -0.39 is 29.7 Å². The summed E-state index contributed by atoms with van der Waals surface area (Å²) in [6, 6.07) is -0.724. The molecule has 0 aliphatic heterocycles. The van der Waals surface area contributed by atoms with Gasteiger partial charge in [-0.1, -0.05) is 19.8 Å². The largest absolute Gasteiger partial charge is 0.481 e. The van der Waals surface area contributed by atoms with Gasteiger partial charge in [0.2, 0.25) is 11.8 Å². The number of aliphatic carboxylic acids is 1. The van der Waals surface area contributed by atoms with Gasteiger partial charge in [0.25, 0.3) is 0 Å². The van der Waals surface area contributed by atoms with E-state index in [9.17, 15) is 19.2 Å². The summed E-state index contributed by atoms with van der Waals surface area (Å²) in [7, 11) is 0. The fraction of sp³-hybridized carbons (Fsp3) is 0.692. The van der Waals surface area contributed by atoms with Crippen molar-refractivity contribution in [3.8, 4) is 0 Å². The van der Waals surface area contributed by atoms with Crippen molar-refractivity contribution in [1.82, 2.24) is 10.6 Å². The fourth-order valence-corrected chi connectivity index (χ4v) is 1.68. The van der Waals surface area contributed by atoms with Crippen molar-refractivity contribution >= 4 is 24.1 Å². The van der Waals surface area contributed by atoms with Gasteiger partial charge in [-0.25, -0.2) is 0 Å². The highest BCUT2D eigenvalue weighted by Gasteiger charge is 2.21. The van der Waals surface area contributed by atoms with E-state index in [-0.39, 0.29) is 19.5 Å². The van der Waals surface area contributed by atoms with Crippen LogP contribution in [0.1, 0.15) is 32.6 Å². The first-order chi connectivity index (χ1) is 9.94. The van der Waals surface area contributed by atoms with Gasteiger partial charge in [0, 0.05) is 12.5 Å². The molecule has 0 fully saturated rings. The third-order valence-electron chi connectivity index (χ3n) is 2.85. The summed E-state index contributed by atoms with van der Waals surface area (Å²) in [5.41, 5.74) is 5.19. The van der Waals surface area contributed by atoms with Crippen LogP contribution in [-0.4, -0.2) is 48.3 Å². The number of rotatable bonds is 11. The minimum absolute atomic E-state index is 0.0737. The van der Waals surface area contributed by atoms with E-state index in [1.165, 1.54) is 0 Å². The van der Waals surface area contributed by atoms with E-state index in [4.69, 9.17) is 10.8 Å². The van der Waals surface area contributed by atoms with Gasteiger partial charge in [0.15, 0.2) is 0 Å². The van der Waals surface area contributed by atoms with Crippen molar-refractivity contribution in [3.05, 3.63) is 0 Å². The molecule has 0 aliphatic rings. The maximum Gasteiger partial charge on any atom is 0.304 e. The molecule has 0 radical (unpaired) electrons. The van der Waals surface area contributed by atoms with Gasteiger partial charge in [-0.05, 0) is 6.42 Å². The summed E-state index contributed by atoms with van der Waals surface area (Å²) in [4.78, 5) is 44.5. The number of carboxylic acids is 1. The topological polar surface area (TPSA) is 139 Å². The molecular formula is C13H23N3O5. The molecule has 8 nitrogen and oxygen atoms in total. The van der Waals surface area contributed by atoms with Crippen LogP contribution >= 0.6 is 0 Å². The molecule has 0 rings (SSSR count). The monoisotopic (exact) mass is 301 g/mol.